The third-order valence-electron chi connectivity index (χ3n) is 8.61. The van der Waals surface area contributed by atoms with E-state index < -0.39 is 8.32 Å². The maximum absolute atomic E-state index is 7.03. The van der Waals surface area contributed by atoms with Gasteiger partial charge in [0.15, 0.2) is 8.32 Å². The van der Waals surface area contributed by atoms with Gasteiger partial charge in [-0.15, -0.1) is 0 Å². The van der Waals surface area contributed by atoms with E-state index in [1.807, 2.05) is 0 Å². The molecule has 6 atom stereocenters. The molecule has 0 amide bonds. The Kier molecular flexibility index (Phi) is 15.3. The monoisotopic (exact) mass is 552 g/mol. The molecular weight excluding hydrogens is 492 g/mol. The summed E-state index contributed by atoms with van der Waals surface area (Å²) in [6.45, 7) is 22.8. The van der Waals surface area contributed by atoms with Gasteiger partial charge in [-0.1, -0.05) is 62.6 Å². The van der Waals surface area contributed by atoms with Gasteiger partial charge in [-0.25, -0.2) is 0 Å². The minimum Gasteiger partial charge on any atom is -0.411 e. The molecule has 6 heteroatoms. The molecule has 0 heterocycles. The fourth-order valence-corrected chi connectivity index (χ4v) is 6.46. The number of methoxy groups -OCH3 is 3. The number of hydrogen-bond acceptors (Lipinski definition) is 5. The van der Waals surface area contributed by atoms with Crippen molar-refractivity contribution < 1.29 is 23.4 Å². The maximum atomic E-state index is 7.03. The fraction of sp³-hybridized carbons (Fsp3) is 0.812. The molecule has 222 valence electrons. The van der Waals surface area contributed by atoms with Gasteiger partial charge in [0.1, 0.15) is 19.0 Å². The normalized spacial score (nSPS) is 27.5. The highest BCUT2D eigenvalue weighted by Crippen LogP contribution is 2.44. The number of hydrogen-bond donors (Lipinski definition) is 0. The molecule has 0 bridgehead atoms. The van der Waals surface area contributed by atoms with Gasteiger partial charge in [-0.3, -0.25) is 0 Å². The Morgan fingerprint density at radius 3 is 1.79 bits per heavy atom. The minimum atomic E-state index is -2.03. The number of allylic oxidation sites excluding steroid dienone is 6. The summed E-state index contributed by atoms with van der Waals surface area (Å²) in [5.41, 5.74) is 4.29. The van der Waals surface area contributed by atoms with E-state index in [0.717, 1.165) is 32.1 Å². The van der Waals surface area contributed by atoms with Gasteiger partial charge < -0.3 is 23.4 Å². The van der Waals surface area contributed by atoms with Gasteiger partial charge in [0.25, 0.3) is 0 Å². The third-order valence-corrected chi connectivity index (χ3v) is 13.1. The summed E-state index contributed by atoms with van der Waals surface area (Å²) in [5, 5.41) is 0.111. The van der Waals surface area contributed by atoms with Crippen LogP contribution in [0, 0.1) is 11.8 Å². The molecule has 1 saturated carbocycles. The molecule has 0 aromatic carbocycles. The second kappa shape index (κ2) is 16.5. The van der Waals surface area contributed by atoms with Crippen LogP contribution < -0.4 is 0 Å². The van der Waals surface area contributed by atoms with Crippen LogP contribution in [0.15, 0.2) is 34.9 Å². The van der Waals surface area contributed by atoms with Crippen LogP contribution in [0.2, 0.25) is 18.1 Å². The molecule has 1 fully saturated rings. The van der Waals surface area contributed by atoms with Crippen LogP contribution in [0.3, 0.4) is 0 Å². The van der Waals surface area contributed by atoms with Crippen LogP contribution in [0.4, 0.5) is 0 Å². The summed E-state index contributed by atoms with van der Waals surface area (Å²) in [4.78, 5) is 0. The summed E-state index contributed by atoms with van der Waals surface area (Å²) >= 11 is 0. The van der Waals surface area contributed by atoms with Crippen LogP contribution in [0.25, 0.3) is 0 Å². The van der Waals surface area contributed by atoms with Crippen LogP contribution in [0.1, 0.15) is 87.5 Å². The molecule has 0 aromatic heterocycles. The Hall–Kier alpha value is -0.763. The van der Waals surface area contributed by atoms with Crippen LogP contribution in [-0.4, -0.2) is 60.9 Å². The smallest absolute Gasteiger partial charge is 0.192 e. The highest BCUT2D eigenvalue weighted by molar-refractivity contribution is 6.74. The molecule has 1 aliphatic rings. The second-order valence-corrected chi connectivity index (χ2v) is 17.8. The van der Waals surface area contributed by atoms with E-state index in [2.05, 4.69) is 86.7 Å². The molecule has 0 unspecified atom stereocenters. The summed E-state index contributed by atoms with van der Waals surface area (Å²) in [5.74, 6) is 0.469. The lowest BCUT2D eigenvalue weighted by molar-refractivity contribution is -0.226. The molecule has 0 aliphatic heterocycles. The van der Waals surface area contributed by atoms with Gasteiger partial charge in [-0.05, 0) is 89.8 Å². The summed E-state index contributed by atoms with van der Waals surface area (Å²) < 4.78 is 30.7. The predicted molar refractivity (Wildman–Crippen MR) is 163 cm³/mol. The fourth-order valence-electron chi connectivity index (χ4n) is 5.08. The molecule has 38 heavy (non-hydrogen) atoms. The zero-order valence-electron chi connectivity index (χ0n) is 27.0. The molecule has 0 saturated heterocycles. The Morgan fingerprint density at radius 1 is 0.763 bits per heavy atom. The maximum Gasteiger partial charge on any atom is 0.192 e. The Bertz CT molecular complexity index is 775. The van der Waals surface area contributed by atoms with E-state index in [-0.39, 0.29) is 48.1 Å². The largest absolute Gasteiger partial charge is 0.411 e. The highest BCUT2D eigenvalue weighted by Gasteiger charge is 2.53. The molecule has 5 nitrogen and oxygen atoms in total. The number of rotatable bonds is 15. The summed E-state index contributed by atoms with van der Waals surface area (Å²) in [6.07, 6.45) is 11.8. The van der Waals surface area contributed by atoms with Crippen LogP contribution in [-0.2, 0) is 23.4 Å². The van der Waals surface area contributed by atoms with Crippen LogP contribution in [0.5, 0.6) is 0 Å². The lowest BCUT2D eigenvalue weighted by atomic mass is 9.71. The van der Waals surface area contributed by atoms with E-state index in [9.17, 15) is 0 Å². The first-order valence-electron chi connectivity index (χ1n) is 14.5. The first kappa shape index (κ1) is 35.3. The zero-order valence-corrected chi connectivity index (χ0v) is 28.0. The second-order valence-electron chi connectivity index (χ2n) is 13.0. The lowest BCUT2D eigenvalue weighted by Crippen LogP contribution is -2.63. The average Bonchev–Trinajstić information content (AvgIpc) is 2.82. The summed E-state index contributed by atoms with van der Waals surface area (Å²) in [7, 11) is 3.15. The Balaban J connectivity index is 3.10. The van der Waals surface area contributed by atoms with Crippen molar-refractivity contribution in [3.63, 3.8) is 0 Å². The predicted octanol–water partition coefficient (Wildman–Crippen LogP) is 8.47. The lowest BCUT2D eigenvalue weighted by Gasteiger charge is -2.52. The SMILES string of the molecule is COCO[C@H]1[C@@H](C/C=C(\C)CC/C=C(\C)CCC=C(C)C)[C@H](C)[C@@H](O[Si](C)(C)C(C)(C)C)[C@H](OC)[C@@H]1OC. The van der Waals surface area contributed by atoms with Crippen molar-refractivity contribution in [3.8, 4) is 0 Å². The van der Waals surface area contributed by atoms with Crippen molar-refractivity contribution in [1.82, 2.24) is 0 Å². The van der Waals surface area contributed by atoms with E-state index in [4.69, 9.17) is 23.4 Å². The topological polar surface area (TPSA) is 46.2 Å². The quantitative estimate of drug-likeness (QED) is 0.116. The third kappa shape index (κ3) is 10.7. The zero-order chi connectivity index (χ0) is 29.1. The van der Waals surface area contributed by atoms with Crippen molar-refractivity contribution in [1.29, 1.82) is 0 Å². The van der Waals surface area contributed by atoms with Crippen molar-refractivity contribution in [3.05, 3.63) is 34.9 Å². The van der Waals surface area contributed by atoms with E-state index in [0.29, 0.717) is 0 Å². The summed E-state index contributed by atoms with van der Waals surface area (Å²) in [6, 6.07) is 0. The molecule has 0 radical (unpaired) electrons. The average molecular weight is 553 g/mol. The standard InChI is InChI=1S/C32H60O5Si/c1-23(2)16-14-17-24(3)18-15-19-25(4)20-21-27-26(5)28(37-38(12,13)32(6,7)8)30(34-10)31(35-11)29(27)36-22-33-9/h16,18,20,26-31H,14-15,17,19,21-22H2,1-13H3/b24-18+,25-20+/t26-,27-,28+,29-,30-,31+/m0/s1. The number of ether oxygens (including phenoxy) is 4. The van der Waals surface area contributed by atoms with E-state index >= 15 is 0 Å². The van der Waals surface area contributed by atoms with Gasteiger partial charge in [0.05, 0.1) is 12.2 Å². The van der Waals surface area contributed by atoms with Crippen molar-refractivity contribution >= 4 is 8.32 Å². The van der Waals surface area contributed by atoms with Crippen molar-refractivity contribution in [2.24, 2.45) is 11.8 Å². The van der Waals surface area contributed by atoms with Gasteiger partial charge >= 0.3 is 0 Å². The minimum absolute atomic E-state index is 0.0571. The van der Waals surface area contributed by atoms with Crippen molar-refractivity contribution in [2.75, 3.05) is 28.1 Å². The van der Waals surface area contributed by atoms with Crippen molar-refractivity contribution in [2.45, 2.75) is 130 Å². The van der Waals surface area contributed by atoms with Crippen LogP contribution >= 0.6 is 0 Å². The first-order chi connectivity index (χ1) is 17.7. The first-order valence-corrected chi connectivity index (χ1v) is 17.4. The molecular formula is C32H60O5Si. The Labute approximate surface area is 236 Å². The van der Waals surface area contributed by atoms with Gasteiger partial charge in [-0.2, -0.15) is 0 Å². The van der Waals surface area contributed by atoms with Gasteiger partial charge in [0.2, 0.25) is 0 Å². The molecule has 1 rings (SSSR count). The highest BCUT2D eigenvalue weighted by atomic mass is 28.4. The molecule has 0 aromatic rings. The molecule has 1 aliphatic carbocycles. The Morgan fingerprint density at radius 2 is 1.29 bits per heavy atom. The molecule has 0 spiro atoms. The van der Waals surface area contributed by atoms with Gasteiger partial charge in [0, 0.05) is 21.3 Å². The molecule has 0 N–H and O–H groups in total. The van der Waals surface area contributed by atoms with E-state index in [1.165, 1.54) is 16.7 Å². The van der Waals surface area contributed by atoms with E-state index in [1.54, 1.807) is 21.3 Å².